The Morgan fingerprint density at radius 1 is 1.13 bits per heavy atom. The Balaban J connectivity index is 1.63. The standard InChI is InChI=1S/C24H23N3O4/c1-3-27(24(30)26-13-16-7-5-4-6-8-16)22-12-20-18-10-9-17(23(28)29)11-19(18)15(2)31-21(20)14-25-22/h4-12,14-15H,3,13H2,1-2H3,(H,26,30)(H,28,29). The van der Waals surface area contributed by atoms with Gasteiger partial charge in [0.05, 0.1) is 11.8 Å². The van der Waals surface area contributed by atoms with E-state index in [1.54, 1.807) is 29.3 Å². The van der Waals surface area contributed by atoms with Crippen LogP contribution in [0.25, 0.3) is 11.1 Å². The lowest BCUT2D eigenvalue weighted by Crippen LogP contribution is -2.40. The van der Waals surface area contributed by atoms with Crippen molar-refractivity contribution in [1.29, 1.82) is 0 Å². The Morgan fingerprint density at radius 2 is 1.90 bits per heavy atom. The second-order valence-electron chi connectivity index (χ2n) is 7.29. The zero-order valence-electron chi connectivity index (χ0n) is 17.3. The van der Waals surface area contributed by atoms with Gasteiger partial charge in [-0.05, 0) is 43.2 Å². The minimum Gasteiger partial charge on any atom is -0.484 e. The van der Waals surface area contributed by atoms with Gasteiger partial charge in [0.2, 0.25) is 0 Å². The van der Waals surface area contributed by atoms with Gasteiger partial charge < -0.3 is 15.2 Å². The van der Waals surface area contributed by atoms with E-state index in [1.165, 1.54) is 0 Å². The third-order valence-corrected chi connectivity index (χ3v) is 5.31. The molecule has 0 radical (unpaired) electrons. The summed E-state index contributed by atoms with van der Waals surface area (Å²) in [7, 11) is 0. The third-order valence-electron chi connectivity index (χ3n) is 5.31. The predicted octanol–water partition coefficient (Wildman–Crippen LogP) is 4.64. The highest BCUT2D eigenvalue weighted by Crippen LogP contribution is 2.43. The maximum atomic E-state index is 12.8. The Morgan fingerprint density at radius 3 is 2.61 bits per heavy atom. The van der Waals surface area contributed by atoms with Crippen molar-refractivity contribution in [3.05, 3.63) is 77.5 Å². The van der Waals surface area contributed by atoms with E-state index in [0.29, 0.717) is 24.7 Å². The lowest BCUT2D eigenvalue weighted by molar-refractivity contribution is 0.0696. The Kier molecular flexibility index (Phi) is 5.58. The molecule has 2 heterocycles. The average molecular weight is 417 g/mol. The van der Waals surface area contributed by atoms with Crippen LogP contribution in [0.3, 0.4) is 0 Å². The van der Waals surface area contributed by atoms with Gasteiger partial charge in [-0.3, -0.25) is 4.90 Å². The second-order valence-corrected chi connectivity index (χ2v) is 7.29. The number of amides is 2. The molecular weight excluding hydrogens is 394 g/mol. The normalized spacial score (nSPS) is 14.1. The summed E-state index contributed by atoms with van der Waals surface area (Å²) in [5, 5.41) is 12.2. The number of hydrogen-bond acceptors (Lipinski definition) is 4. The molecule has 2 aromatic carbocycles. The van der Waals surface area contributed by atoms with Gasteiger partial charge in [-0.15, -0.1) is 0 Å². The van der Waals surface area contributed by atoms with Gasteiger partial charge >= 0.3 is 12.0 Å². The van der Waals surface area contributed by atoms with Crippen molar-refractivity contribution in [2.75, 3.05) is 11.4 Å². The number of ether oxygens (including phenoxy) is 1. The highest BCUT2D eigenvalue weighted by atomic mass is 16.5. The van der Waals surface area contributed by atoms with E-state index in [-0.39, 0.29) is 17.7 Å². The van der Waals surface area contributed by atoms with Crippen molar-refractivity contribution in [2.24, 2.45) is 0 Å². The molecule has 1 aromatic heterocycles. The quantitative estimate of drug-likeness (QED) is 0.631. The minimum atomic E-state index is -0.983. The first-order chi connectivity index (χ1) is 15.0. The zero-order chi connectivity index (χ0) is 22.0. The van der Waals surface area contributed by atoms with Crippen LogP contribution in [0.1, 0.15) is 41.4 Å². The summed E-state index contributed by atoms with van der Waals surface area (Å²) in [6.07, 6.45) is 1.31. The third kappa shape index (κ3) is 4.07. The second kappa shape index (κ2) is 8.47. The van der Waals surface area contributed by atoms with Gasteiger partial charge in [-0.1, -0.05) is 36.4 Å². The van der Waals surface area contributed by atoms with E-state index in [0.717, 1.165) is 22.3 Å². The molecule has 0 fully saturated rings. The number of fused-ring (bicyclic) bond motifs is 3. The van der Waals surface area contributed by atoms with E-state index < -0.39 is 5.97 Å². The molecule has 1 atom stereocenters. The molecule has 0 saturated heterocycles. The first-order valence-electron chi connectivity index (χ1n) is 10.1. The topological polar surface area (TPSA) is 91.8 Å². The van der Waals surface area contributed by atoms with Crippen molar-refractivity contribution in [3.63, 3.8) is 0 Å². The number of aromatic nitrogens is 1. The van der Waals surface area contributed by atoms with Crippen LogP contribution in [0.15, 0.2) is 60.8 Å². The predicted molar refractivity (Wildman–Crippen MR) is 117 cm³/mol. The minimum absolute atomic E-state index is 0.211. The van der Waals surface area contributed by atoms with Crippen LogP contribution in [0.4, 0.5) is 10.6 Å². The molecule has 7 heteroatoms. The molecule has 2 amide bonds. The molecule has 1 aliphatic rings. The molecule has 7 nitrogen and oxygen atoms in total. The number of carboxylic acids is 1. The summed E-state index contributed by atoms with van der Waals surface area (Å²) >= 11 is 0. The Hall–Kier alpha value is -3.87. The summed E-state index contributed by atoms with van der Waals surface area (Å²) in [6, 6.07) is 16.3. The lowest BCUT2D eigenvalue weighted by Gasteiger charge is -2.28. The van der Waals surface area contributed by atoms with Crippen LogP contribution < -0.4 is 15.0 Å². The highest BCUT2D eigenvalue weighted by Gasteiger charge is 2.26. The van der Waals surface area contributed by atoms with E-state index in [1.807, 2.05) is 50.2 Å². The van der Waals surface area contributed by atoms with Gasteiger partial charge in [-0.25, -0.2) is 14.6 Å². The van der Waals surface area contributed by atoms with Gasteiger partial charge in [0, 0.05) is 24.2 Å². The molecule has 0 spiro atoms. The van der Waals surface area contributed by atoms with E-state index in [9.17, 15) is 14.7 Å². The molecule has 0 bridgehead atoms. The van der Waals surface area contributed by atoms with Crippen molar-refractivity contribution in [2.45, 2.75) is 26.5 Å². The Labute approximate surface area is 180 Å². The van der Waals surface area contributed by atoms with Gasteiger partial charge in [-0.2, -0.15) is 0 Å². The SMILES string of the molecule is CCN(C(=O)NCc1ccccc1)c1cc2c(cn1)OC(C)c1cc(C(=O)O)ccc1-2. The van der Waals surface area contributed by atoms with Gasteiger partial charge in [0.25, 0.3) is 0 Å². The molecule has 1 aliphatic heterocycles. The van der Waals surface area contributed by atoms with Crippen molar-refractivity contribution >= 4 is 17.8 Å². The first-order valence-corrected chi connectivity index (χ1v) is 10.1. The van der Waals surface area contributed by atoms with E-state index >= 15 is 0 Å². The smallest absolute Gasteiger partial charge is 0.335 e. The number of carbonyl (C=O) groups excluding carboxylic acids is 1. The molecule has 3 aromatic rings. The van der Waals surface area contributed by atoms with Crippen molar-refractivity contribution in [3.8, 4) is 16.9 Å². The number of nitrogens with one attached hydrogen (secondary N) is 1. The number of rotatable bonds is 5. The number of urea groups is 1. The number of anilines is 1. The maximum Gasteiger partial charge on any atom is 0.335 e. The number of carbonyl (C=O) groups is 2. The molecule has 158 valence electrons. The number of nitrogens with zero attached hydrogens (tertiary/aromatic N) is 2. The summed E-state index contributed by atoms with van der Waals surface area (Å²) < 4.78 is 5.95. The summed E-state index contributed by atoms with van der Waals surface area (Å²) in [5.41, 5.74) is 3.67. The molecule has 0 aliphatic carbocycles. The zero-order valence-corrected chi connectivity index (χ0v) is 17.3. The van der Waals surface area contributed by atoms with Crippen LogP contribution in [0.5, 0.6) is 5.75 Å². The fourth-order valence-electron chi connectivity index (χ4n) is 3.69. The van der Waals surface area contributed by atoms with Crippen LogP contribution in [-0.2, 0) is 6.54 Å². The lowest BCUT2D eigenvalue weighted by atomic mass is 9.92. The number of carboxylic acid groups (broad SMARTS) is 1. The van der Waals surface area contributed by atoms with Crippen LogP contribution in [0.2, 0.25) is 0 Å². The molecule has 2 N–H and O–H groups in total. The molecule has 1 unspecified atom stereocenters. The monoisotopic (exact) mass is 417 g/mol. The van der Waals surface area contributed by atoms with Gasteiger partial charge in [0.15, 0.2) is 0 Å². The number of aromatic carboxylic acids is 1. The van der Waals surface area contributed by atoms with Gasteiger partial charge in [0.1, 0.15) is 17.7 Å². The maximum absolute atomic E-state index is 12.8. The number of pyridine rings is 1. The fourth-order valence-corrected chi connectivity index (χ4v) is 3.69. The van der Waals surface area contributed by atoms with E-state index in [2.05, 4.69) is 10.3 Å². The molecule has 31 heavy (non-hydrogen) atoms. The van der Waals surface area contributed by atoms with E-state index in [4.69, 9.17) is 4.74 Å². The molecule has 4 rings (SSSR count). The average Bonchev–Trinajstić information content (AvgIpc) is 2.79. The number of hydrogen-bond donors (Lipinski definition) is 2. The van der Waals surface area contributed by atoms with Crippen LogP contribution in [0, 0.1) is 0 Å². The highest BCUT2D eigenvalue weighted by molar-refractivity contribution is 5.93. The van der Waals surface area contributed by atoms with Crippen LogP contribution in [-0.4, -0.2) is 28.6 Å². The summed E-state index contributed by atoms with van der Waals surface area (Å²) in [6.45, 7) is 4.61. The summed E-state index contributed by atoms with van der Waals surface area (Å²) in [5.74, 6) is 0.120. The Bertz CT molecular complexity index is 1130. The van der Waals surface area contributed by atoms with Crippen LogP contribution >= 0.6 is 0 Å². The van der Waals surface area contributed by atoms with Crippen molar-refractivity contribution < 1.29 is 19.4 Å². The summed E-state index contributed by atoms with van der Waals surface area (Å²) in [4.78, 5) is 30.2. The fraction of sp³-hybridized carbons (Fsp3) is 0.208. The molecular formula is C24H23N3O4. The molecule has 0 saturated carbocycles. The van der Waals surface area contributed by atoms with Crippen molar-refractivity contribution in [1.82, 2.24) is 10.3 Å². The largest absolute Gasteiger partial charge is 0.484 e. The first kappa shape index (κ1) is 20.4. The number of benzene rings is 2.